The summed E-state index contributed by atoms with van der Waals surface area (Å²) in [7, 11) is 0. The van der Waals surface area contributed by atoms with E-state index in [1.807, 2.05) is 0 Å². The first kappa shape index (κ1) is 10.7. The van der Waals surface area contributed by atoms with Gasteiger partial charge in [-0.2, -0.15) is 27.9 Å². The molecule has 8 heteroatoms. The van der Waals surface area contributed by atoms with Crippen LogP contribution in [0.5, 0.6) is 0 Å². The number of aliphatic hydroxyl groups excluding tert-OH is 1. The van der Waals surface area contributed by atoms with Gasteiger partial charge in [-0.25, -0.2) is 0 Å². The number of oxazole rings is 1. The third kappa shape index (κ3) is 1.91. The second-order valence-electron chi connectivity index (χ2n) is 2.95. The molecule has 0 aliphatic rings. The quantitative estimate of drug-likeness (QED) is 0.850. The van der Waals surface area contributed by atoms with Crippen LogP contribution < -0.4 is 0 Å². The molecule has 0 aliphatic heterocycles. The third-order valence-corrected chi connectivity index (χ3v) is 1.81. The monoisotopic (exact) mass is 233 g/mol. The van der Waals surface area contributed by atoms with Crippen LogP contribution in [-0.2, 0) is 12.8 Å². The number of rotatable bonds is 2. The standard InChI is InChI=1S/C8H6F3N3O2/c9-8(10,11)5-1-12-14(2-5)7-13-6(3-15)4-16-7/h1-2,4,15H,3H2. The van der Waals surface area contributed by atoms with Gasteiger partial charge in [0.25, 0.3) is 0 Å². The molecule has 1 N–H and O–H groups in total. The molecule has 0 fully saturated rings. The maximum atomic E-state index is 12.2. The first-order chi connectivity index (χ1) is 7.50. The molecule has 0 unspecified atom stereocenters. The van der Waals surface area contributed by atoms with Gasteiger partial charge in [0.1, 0.15) is 12.0 Å². The van der Waals surface area contributed by atoms with Gasteiger partial charge in [0.2, 0.25) is 0 Å². The molecule has 0 saturated heterocycles. The highest BCUT2D eigenvalue weighted by Crippen LogP contribution is 2.28. The van der Waals surface area contributed by atoms with Crippen molar-refractivity contribution in [3.8, 4) is 6.01 Å². The Morgan fingerprint density at radius 3 is 2.69 bits per heavy atom. The van der Waals surface area contributed by atoms with Gasteiger partial charge in [-0.3, -0.25) is 0 Å². The molecule has 86 valence electrons. The van der Waals surface area contributed by atoms with Crippen LogP contribution in [0, 0.1) is 0 Å². The second kappa shape index (κ2) is 3.63. The van der Waals surface area contributed by atoms with Crippen LogP contribution in [0.4, 0.5) is 13.2 Å². The van der Waals surface area contributed by atoms with Crippen molar-refractivity contribution in [3.63, 3.8) is 0 Å². The topological polar surface area (TPSA) is 64.1 Å². The summed E-state index contributed by atoms with van der Waals surface area (Å²) in [5.74, 6) is 0. The third-order valence-electron chi connectivity index (χ3n) is 1.81. The molecule has 0 aliphatic carbocycles. The van der Waals surface area contributed by atoms with Crippen molar-refractivity contribution in [2.24, 2.45) is 0 Å². The number of nitrogens with zero attached hydrogens (tertiary/aromatic N) is 3. The molecule has 2 heterocycles. The maximum absolute atomic E-state index is 12.2. The highest BCUT2D eigenvalue weighted by molar-refractivity contribution is 5.15. The van der Waals surface area contributed by atoms with E-state index in [9.17, 15) is 13.2 Å². The van der Waals surface area contributed by atoms with Gasteiger partial charge < -0.3 is 9.52 Å². The zero-order chi connectivity index (χ0) is 11.8. The lowest BCUT2D eigenvalue weighted by Gasteiger charge is -1.99. The van der Waals surface area contributed by atoms with Gasteiger partial charge in [-0.15, -0.1) is 0 Å². The van der Waals surface area contributed by atoms with E-state index in [2.05, 4.69) is 10.1 Å². The summed E-state index contributed by atoms with van der Waals surface area (Å²) < 4.78 is 42.4. The Morgan fingerprint density at radius 2 is 2.19 bits per heavy atom. The Labute approximate surface area is 87.1 Å². The van der Waals surface area contributed by atoms with Gasteiger partial charge in [-0.05, 0) is 0 Å². The van der Waals surface area contributed by atoms with Gasteiger partial charge in [0.05, 0.1) is 18.4 Å². The lowest BCUT2D eigenvalue weighted by atomic mass is 10.4. The van der Waals surface area contributed by atoms with Crippen LogP contribution in [0.1, 0.15) is 11.3 Å². The lowest BCUT2D eigenvalue weighted by molar-refractivity contribution is -0.137. The van der Waals surface area contributed by atoms with Crippen molar-refractivity contribution in [3.05, 3.63) is 29.9 Å². The van der Waals surface area contributed by atoms with Gasteiger partial charge >= 0.3 is 12.2 Å². The molecule has 2 rings (SSSR count). The van der Waals surface area contributed by atoms with E-state index in [1.54, 1.807) is 0 Å². The molecule has 0 bridgehead atoms. The molecule has 2 aromatic rings. The largest absolute Gasteiger partial charge is 0.430 e. The van der Waals surface area contributed by atoms with E-state index < -0.39 is 11.7 Å². The van der Waals surface area contributed by atoms with E-state index in [1.165, 1.54) is 0 Å². The summed E-state index contributed by atoms with van der Waals surface area (Å²) in [6, 6.07) is -0.125. The van der Waals surface area contributed by atoms with E-state index >= 15 is 0 Å². The summed E-state index contributed by atoms with van der Waals surface area (Å²) in [6.07, 6.45) is -1.88. The van der Waals surface area contributed by atoms with Gasteiger partial charge in [0.15, 0.2) is 0 Å². The SMILES string of the molecule is OCc1coc(-n2cc(C(F)(F)F)cn2)n1. The molecule has 0 radical (unpaired) electrons. The molecule has 0 atom stereocenters. The van der Waals surface area contributed by atoms with Crippen molar-refractivity contribution in [2.45, 2.75) is 12.8 Å². The Kier molecular flexibility index (Phi) is 2.43. The number of aliphatic hydroxyl groups is 1. The minimum absolute atomic E-state index is 0.125. The van der Waals surface area contributed by atoms with E-state index in [0.29, 0.717) is 6.20 Å². The second-order valence-corrected chi connectivity index (χ2v) is 2.95. The highest BCUT2D eigenvalue weighted by Gasteiger charge is 2.32. The first-order valence-electron chi connectivity index (χ1n) is 4.18. The molecule has 5 nitrogen and oxygen atoms in total. The summed E-state index contributed by atoms with van der Waals surface area (Å²) >= 11 is 0. The maximum Gasteiger partial charge on any atom is 0.419 e. The number of aromatic nitrogens is 3. The minimum Gasteiger partial charge on any atom is -0.430 e. The number of hydrogen-bond acceptors (Lipinski definition) is 4. The highest BCUT2D eigenvalue weighted by atomic mass is 19.4. The van der Waals surface area contributed by atoms with Crippen LogP contribution in [-0.4, -0.2) is 19.9 Å². The zero-order valence-corrected chi connectivity index (χ0v) is 7.77. The van der Waals surface area contributed by atoms with Gasteiger partial charge in [0, 0.05) is 6.20 Å². The average Bonchev–Trinajstić information content (AvgIpc) is 2.85. The number of alkyl halides is 3. The lowest BCUT2D eigenvalue weighted by Crippen LogP contribution is -2.03. The smallest absolute Gasteiger partial charge is 0.419 e. The molecule has 2 aromatic heterocycles. The Morgan fingerprint density at radius 1 is 1.44 bits per heavy atom. The summed E-state index contributed by atoms with van der Waals surface area (Å²) in [4.78, 5) is 3.71. The average molecular weight is 233 g/mol. The predicted octanol–water partition coefficient (Wildman–Crippen LogP) is 1.37. The number of halogens is 3. The molecule has 0 aromatic carbocycles. The Balaban J connectivity index is 2.31. The van der Waals surface area contributed by atoms with Crippen LogP contribution >= 0.6 is 0 Å². The van der Waals surface area contributed by atoms with E-state index in [4.69, 9.17) is 9.52 Å². The summed E-state index contributed by atoms with van der Waals surface area (Å²) in [6.45, 7) is -0.350. The Bertz CT molecular complexity index is 489. The van der Waals surface area contributed by atoms with Crippen molar-refractivity contribution in [1.29, 1.82) is 0 Å². The van der Waals surface area contributed by atoms with Crippen molar-refractivity contribution in [1.82, 2.24) is 14.8 Å². The molecular weight excluding hydrogens is 227 g/mol. The predicted molar refractivity (Wildman–Crippen MR) is 44.5 cm³/mol. The summed E-state index contributed by atoms with van der Waals surface area (Å²) in [5, 5.41) is 12.2. The van der Waals surface area contributed by atoms with Crippen LogP contribution in [0.3, 0.4) is 0 Å². The molecular formula is C8H6F3N3O2. The van der Waals surface area contributed by atoms with Crippen molar-refractivity contribution < 1.29 is 22.7 Å². The molecule has 0 spiro atoms. The fourth-order valence-electron chi connectivity index (χ4n) is 1.05. The van der Waals surface area contributed by atoms with Crippen molar-refractivity contribution >= 4 is 0 Å². The summed E-state index contributed by atoms with van der Waals surface area (Å²) in [5.41, 5.74) is -0.671. The fourth-order valence-corrected chi connectivity index (χ4v) is 1.05. The normalized spacial score (nSPS) is 12.0. The van der Waals surface area contributed by atoms with E-state index in [0.717, 1.165) is 17.1 Å². The molecule has 16 heavy (non-hydrogen) atoms. The number of hydrogen-bond donors (Lipinski definition) is 1. The van der Waals surface area contributed by atoms with Gasteiger partial charge in [-0.1, -0.05) is 0 Å². The zero-order valence-electron chi connectivity index (χ0n) is 7.77. The fraction of sp³-hybridized carbons (Fsp3) is 0.250. The molecule has 0 saturated carbocycles. The van der Waals surface area contributed by atoms with Crippen molar-refractivity contribution in [2.75, 3.05) is 0 Å². The van der Waals surface area contributed by atoms with Crippen LogP contribution in [0.15, 0.2) is 23.1 Å². The Hall–Kier alpha value is -1.83. The van der Waals surface area contributed by atoms with Crippen LogP contribution in [0.25, 0.3) is 6.01 Å². The molecule has 0 amide bonds. The van der Waals surface area contributed by atoms with Crippen LogP contribution in [0.2, 0.25) is 0 Å². The minimum atomic E-state index is -4.45. The van der Waals surface area contributed by atoms with E-state index in [-0.39, 0.29) is 18.3 Å². The first-order valence-corrected chi connectivity index (χ1v) is 4.18.